The molecule has 1 atom stereocenters. The minimum absolute atomic E-state index is 0.0877. The Morgan fingerprint density at radius 1 is 1.35 bits per heavy atom. The molecule has 0 radical (unpaired) electrons. The number of aromatic nitrogens is 4. The highest BCUT2D eigenvalue weighted by Gasteiger charge is 2.22. The van der Waals surface area contributed by atoms with Crippen molar-refractivity contribution in [1.82, 2.24) is 30.2 Å². The van der Waals surface area contributed by atoms with Crippen LogP contribution in [0.5, 0.6) is 0 Å². The summed E-state index contributed by atoms with van der Waals surface area (Å²) in [6.07, 6.45) is 3.56. The molecule has 4 N–H and O–H groups in total. The quantitative estimate of drug-likeness (QED) is 0.397. The molecular formula is C22H24FN7O. The fraction of sp³-hybridized carbons (Fsp3) is 0.318. The first-order valence-corrected chi connectivity index (χ1v) is 10.4. The maximum Gasteiger partial charge on any atom is 0.237 e. The van der Waals surface area contributed by atoms with Crippen LogP contribution in [0.15, 0.2) is 30.6 Å². The van der Waals surface area contributed by atoms with Crippen molar-refractivity contribution < 1.29 is 9.18 Å². The Balaban J connectivity index is 1.48. The van der Waals surface area contributed by atoms with Crippen molar-refractivity contribution in [3.05, 3.63) is 42.0 Å². The molecule has 4 aromatic rings. The van der Waals surface area contributed by atoms with Crippen molar-refractivity contribution in [3.8, 4) is 11.3 Å². The summed E-state index contributed by atoms with van der Waals surface area (Å²) in [5, 5.41) is 10.0. The second-order valence-corrected chi connectivity index (χ2v) is 7.88. The van der Waals surface area contributed by atoms with Crippen molar-refractivity contribution in [2.24, 2.45) is 7.05 Å². The summed E-state index contributed by atoms with van der Waals surface area (Å²) in [6, 6.07) is 6.74. The van der Waals surface area contributed by atoms with E-state index in [-0.39, 0.29) is 24.3 Å². The van der Waals surface area contributed by atoms with Gasteiger partial charge in [-0.1, -0.05) is 0 Å². The number of pyridine rings is 1. The first kappa shape index (κ1) is 19.5. The van der Waals surface area contributed by atoms with E-state index in [4.69, 9.17) is 0 Å². The number of H-pyrrole nitrogens is 1. The van der Waals surface area contributed by atoms with Gasteiger partial charge in [-0.05, 0) is 49.2 Å². The van der Waals surface area contributed by atoms with Gasteiger partial charge in [0.2, 0.25) is 5.91 Å². The van der Waals surface area contributed by atoms with E-state index in [1.165, 1.54) is 6.07 Å². The van der Waals surface area contributed by atoms with Crippen LogP contribution in [0.3, 0.4) is 0 Å². The van der Waals surface area contributed by atoms with Crippen molar-refractivity contribution in [2.75, 3.05) is 18.9 Å². The number of anilines is 1. The lowest BCUT2D eigenvalue weighted by atomic mass is 10.1. The number of nitrogens with zero attached hydrogens (tertiary/aromatic N) is 3. The number of halogens is 1. The molecule has 1 aliphatic rings. The predicted molar refractivity (Wildman–Crippen MR) is 118 cm³/mol. The molecule has 9 heteroatoms. The topological polar surface area (TPSA) is 99.7 Å². The number of nitrogens with one attached hydrogen (secondary N) is 4. The number of carbonyl (C=O) groups excluding carboxylic acids is 1. The van der Waals surface area contributed by atoms with Crippen LogP contribution in [0.2, 0.25) is 0 Å². The molecule has 160 valence electrons. The Morgan fingerprint density at radius 2 is 2.23 bits per heavy atom. The van der Waals surface area contributed by atoms with Gasteiger partial charge in [-0.25, -0.2) is 14.4 Å². The van der Waals surface area contributed by atoms with Gasteiger partial charge in [0, 0.05) is 37.3 Å². The van der Waals surface area contributed by atoms with E-state index in [1.54, 1.807) is 18.5 Å². The number of rotatable bonds is 5. The second kappa shape index (κ2) is 7.66. The summed E-state index contributed by atoms with van der Waals surface area (Å²) in [7, 11) is 3.76. The molecule has 1 aliphatic heterocycles. The average Bonchev–Trinajstić information content (AvgIpc) is 3.52. The van der Waals surface area contributed by atoms with Gasteiger partial charge in [0.05, 0.1) is 17.9 Å². The molecule has 8 nitrogen and oxygen atoms in total. The fourth-order valence-corrected chi connectivity index (χ4v) is 4.22. The maximum absolute atomic E-state index is 14.4. The van der Waals surface area contributed by atoms with Crippen LogP contribution in [-0.2, 0) is 18.4 Å². The zero-order valence-corrected chi connectivity index (χ0v) is 17.4. The summed E-state index contributed by atoms with van der Waals surface area (Å²) in [5.41, 5.74) is 4.58. The Labute approximate surface area is 178 Å². The molecule has 1 fully saturated rings. The third-order valence-electron chi connectivity index (χ3n) is 5.86. The monoisotopic (exact) mass is 421 g/mol. The van der Waals surface area contributed by atoms with Gasteiger partial charge < -0.3 is 25.5 Å². The smallest absolute Gasteiger partial charge is 0.237 e. The highest BCUT2D eigenvalue weighted by molar-refractivity contribution is 6.07. The summed E-state index contributed by atoms with van der Waals surface area (Å²) in [5.74, 6) is 0.263. The molecule has 3 aromatic heterocycles. The zero-order valence-electron chi connectivity index (χ0n) is 17.4. The summed E-state index contributed by atoms with van der Waals surface area (Å²) in [6.45, 7) is 0.987. The highest BCUT2D eigenvalue weighted by atomic mass is 19.1. The molecule has 1 aromatic carbocycles. The van der Waals surface area contributed by atoms with Crippen molar-refractivity contribution in [2.45, 2.75) is 25.4 Å². The molecular weight excluding hydrogens is 397 g/mol. The van der Waals surface area contributed by atoms with Crippen LogP contribution in [0, 0.1) is 5.82 Å². The highest BCUT2D eigenvalue weighted by Crippen LogP contribution is 2.32. The number of aryl methyl sites for hydroxylation is 1. The molecule has 5 rings (SSSR count). The van der Waals surface area contributed by atoms with Crippen LogP contribution in [-0.4, -0.2) is 45.1 Å². The Bertz CT molecular complexity index is 1290. The Hall–Kier alpha value is -3.46. The van der Waals surface area contributed by atoms with E-state index in [2.05, 4.69) is 30.9 Å². The standard InChI is InChI=1S/C22H24FN7O/c1-24-21-18-19(30(2)11-27-18)14-9-17(28-20(14)29-21)12-5-6-15(23)13(8-12)10-26-22(31)16-4-3-7-25-16/h5-6,8-9,11,16,25H,3-4,7,10H2,1-2H3,(H,26,31)(H2,24,28,29)/t16-/m1/s1. The SMILES string of the molecule is CNc1nc2[nH]c(-c3ccc(F)c(CNC(=O)[C@H]4CCCN4)c3)cc2c2c1ncn2C. The summed E-state index contributed by atoms with van der Waals surface area (Å²) >= 11 is 0. The van der Waals surface area contributed by atoms with Gasteiger partial charge in [0.25, 0.3) is 0 Å². The van der Waals surface area contributed by atoms with Crippen LogP contribution in [0.4, 0.5) is 10.2 Å². The number of aromatic amines is 1. The van der Waals surface area contributed by atoms with Crippen LogP contribution >= 0.6 is 0 Å². The minimum atomic E-state index is -0.343. The lowest BCUT2D eigenvalue weighted by Crippen LogP contribution is -2.40. The Kier molecular flexibility index (Phi) is 4.82. The van der Waals surface area contributed by atoms with Crippen LogP contribution in [0.25, 0.3) is 33.3 Å². The molecule has 0 aliphatic carbocycles. The zero-order chi connectivity index (χ0) is 21.5. The van der Waals surface area contributed by atoms with E-state index in [0.717, 1.165) is 52.7 Å². The van der Waals surface area contributed by atoms with Gasteiger partial charge in [-0.2, -0.15) is 0 Å². The predicted octanol–water partition coefficient (Wildman–Crippen LogP) is 2.67. The number of carbonyl (C=O) groups is 1. The van der Waals surface area contributed by atoms with Gasteiger partial charge in [0.15, 0.2) is 5.82 Å². The van der Waals surface area contributed by atoms with E-state index >= 15 is 0 Å². The summed E-state index contributed by atoms with van der Waals surface area (Å²) in [4.78, 5) is 24.7. The third kappa shape index (κ3) is 3.40. The molecule has 31 heavy (non-hydrogen) atoms. The Morgan fingerprint density at radius 3 is 3.00 bits per heavy atom. The number of hydrogen-bond acceptors (Lipinski definition) is 5. The molecule has 1 amide bonds. The molecule has 4 heterocycles. The fourth-order valence-electron chi connectivity index (χ4n) is 4.22. The van der Waals surface area contributed by atoms with Gasteiger partial charge in [0.1, 0.15) is 17.0 Å². The molecule has 0 unspecified atom stereocenters. The van der Waals surface area contributed by atoms with E-state index < -0.39 is 0 Å². The molecule has 1 saturated heterocycles. The van der Waals surface area contributed by atoms with Gasteiger partial charge in [-0.15, -0.1) is 0 Å². The van der Waals surface area contributed by atoms with E-state index in [1.807, 2.05) is 24.7 Å². The minimum Gasteiger partial charge on any atom is -0.371 e. The number of fused-ring (bicyclic) bond motifs is 3. The number of hydrogen-bond donors (Lipinski definition) is 4. The molecule has 0 bridgehead atoms. The second-order valence-electron chi connectivity index (χ2n) is 7.88. The summed E-state index contributed by atoms with van der Waals surface area (Å²) < 4.78 is 16.4. The first-order valence-electron chi connectivity index (χ1n) is 10.4. The van der Waals surface area contributed by atoms with E-state index in [9.17, 15) is 9.18 Å². The van der Waals surface area contributed by atoms with Gasteiger partial charge in [-0.3, -0.25) is 4.79 Å². The van der Waals surface area contributed by atoms with Crippen molar-refractivity contribution in [3.63, 3.8) is 0 Å². The lowest BCUT2D eigenvalue weighted by molar-refractivity contribution is -0.122. The first-order chi connectivity index (χ1) is 15.0. The van der Waals surface area contributed by atoms with Crippen LogP contribution < -0.4 is 16.0 Å². The average molecular weight is 421 g/mol. The van der Waals surface area contributed by atoms with Crippen LogP contribution in [0.1, 0.15) is 18.4 Å². The maximum atomic E-state index is 14.4. The van der Waals surface area contributed by atoms with Crippen molar-refractivity contribution >= 4 is 33.8 Å². The van der Waals surface area contributed by atoms with E-state index in [0.29, 0.717) is 11.4 Å². The number of benzene rings is 1. The van der Waals surface area contributed by atoms with Gasteiger partial charge >= 0.3 is 0 Å². The lowest BCUT2D eigenvalue weighted by Gasteiger charge is -2.12. The number of imidazole rings is 1. The third-order valence-corrected chi connectivity index (χ3v) is 5.86. The number of amides is 1. The van der Waals surface area contributed by atoms with Crippen molar-refractivity contribution in [1.29, 1.82) is 0 Å². The normalized spacial score (nSPS) is 16.3. The molecule has 0 spiro atoms. The largest absolute Gasteiger partial charge is 0.371 e. The molecule has 0 saturated carbocycles.